The van der Waals surface area contributed by atoms with Gasteiger partial charge in [-0.1, -0.05) is 0 Å². The van der Waals surface area contributed by atoms with Gasteiger partial charge in [0.1, 0.15) is 23.1 Å². The molecule has 0 saturated carbocycles. The second-order valence-corrected chi connectivity index (χ2v) is 8.51. The molecule has 0 amide bonds. The first-order chi connectivity index (χ1) is 15.9. The van der Waals surface area contributed by atoms with Gasteiger partial charge in [0.2, 0.25) is 5.95 Å². The van der Waals surface area contributed by atoms with Gasteiger partial charge in [0.25, 0.3) is 5.56 Å². The van der Waals surface area contributed by atoms with Crippen molar-refractivity contribution in [1.29, 1.82) is 5.41 Å². The highest BCUT2D eigenvalue weighted by Crippen LogP contribution is 2.27. The van der Waals surface area contributed by atoms with E-state index in [0.29, 0.717) is 50.1 Å². The number of hydrogen-bond donors (Lipinski definition) is 3. The molecule has 3 heterocycles. The summed E-state index contributed by atoms with van der Waals surface area (Å²) in [5, 5.41) is 10.2. The van der Waals surface area contributed by atoms with E-state index in [9.17, 15) is 13.6 Å². The Hall–Kier alpha value is -3.05. The Labute approximate surface area is 191 Å². The predicted octanol–water partition coefficient (Wildman–Crippen LogP) is 1.16. The lowest BCUT2D eigenvalue weighted by molar-refractivity contribution is 0.148. The van der Waals surface area contributed by atoms with Crippen molar-refractivity contribution < 1.29 is 8.78 Å². The van der Waals surface area contributed by atoms with Crippen LogP contribution in [0.25, 0.3) is 0 Å². The number of nitrogens with one attached hydrogen (secondary N) is 3. The van der Waals surface area contributed by atoms with Crippen LogP contribution in [0.4, 0.5) is 26.2 Å². The zero-order valence-electron chi connectivity index (χ0n) is 19.0. The molecule has 0 atom stereocenters. The molecule has 4 rings (SSSR count). The van der Waals surface area contributed by atoms with Crippen LogP contribution in [0.5, 0.6) is 0 Å². The molecule has 1 aromatic carbocycles. The van der Waals surface area contributed by atoms with Gasteiger partial charge in [0, 0.05) is 72.2 Å². The third-order valence-electron chi connectivity index (χ3n) is 6.30. The fourth-order valence-corrected chi connectivity index (χ4v) is 4.36. The summed E-state index contributed by atoms with van der Waals surface area (Å²) in [6.07, 6.45) is 0.957. The van der Waals surface area contributed by atoms with Gasteiger partial charge >= 0.3 is 0 Å². The summed E-state index contributed by atoms with van der Waals surface area (Å²) in [6.45, 7) is 5.86. The van der Waals surface area contributed by atoms with E-state index in [1.807, 2.05) is 4.90 Å². The number of hydrogen-bond acceptors (Lipinski definition) is 8. The zero-order valence-corrected chi connectivity index (χ0v) is 19.0. The number of H-pyrrole nitrogens is 1. The average molecular weight is 461 g/mol. The summed E-state index contributed by atoms with van der Waals surface area (Å²) in [4.78, 5) is 27.3. The molecule has 11 heteroatoms. The molecule has 3 N–H and O–H groups in total. The van der Waals surface area contributed by atoms with E-state index in [-0.39, 0.29) is 11.3 Å². The van der Waals surface area contributed by atoms with E-state index < -0.39 is 17.2 Å². The maximum absolute atomic E-state index is 15.0. The summed E-state index contributed by atoms with van der Waals surface area (Å²) in [5.74, 6) is -0.406. The maximum atomic E-state index is 15.0. The van der Waals surface area contributed by atoms with Crippen LogP contribution in [0.15, 0.2) is 16.9 Å². The topological polar surface area (TPSA) is 94.6 Å². The van der Waals surface area contributed by atoms with Gasteiger partial charge in [-0.2, -0.15) is 4.98 Å². The van der Waals surface area contributed by atoms with E-state index in [1.54, 1.807) is 11.9 Å². The molecular formula is C22H30F2N8O. The van der Waals surface area contributed by atoms with Gasteiger partial charge in [-0.25, -0.2) is 8.78 Å². The lowest BCUT2D eigenvalue weighted by atomic mass is 10.1. The van der Waals surface area contributed by atoms with Crippen molar-refractivity contribution in [2.45, 2.75) is 6.54 Å². The zero-order chi connectivity index (χ0) is 23.5. The molecule has 178 valence electrons. The van der Waals surface area contributed by atoms with Crippen LogP contribution in [0.1, 0.15) is 11.1 Å². The third-order valence-corrected chi connectivity index (χ3v) is 6.30. The number of likely N-dealkylation sites (N-methyl/N-ethyl adjacent to an activating group) is 1. The Morgan fingerprint density at radius 3 is 2.24 bits per heavy atom. The van der Waals surface area contributed by atoms with Gasteiger partial charge in [0.15, 0.2) is 0 Å². The van der Waals surface area contributed by atoms with Gasteiger partial charge in [-0.05, 0) is 24.7 Å². The monoisotopic (exact) mass is 460 g/mol. The first kappa shape index (κ1) is 23.1. The summed E-state index contributed by atoms with van der Waals surface area (Å²) >= 11 is 0. The number of rotatable bonds is 6. The number of aromatic nitrogens is 2. The number of aromatic amines is 1. The molecule has 2 aliphatic rings. The molecule has 0 radical (unpaired) electrons. The Morgan fingerprint density at radius 2 is 1.67 bits per heavy atom. The predicted molar refractivity (Wildman–Crippen MR) is 126 cm³/mol. The highest BCUT2D eigenvalue weighted by molar-refractivity contribution is 5.83. The normalized spacial score (nSPS) is 17.9. The van der Waals surface area contributed by atoms with Crippen molar-refractivity contribution in [3.05, 3.63) is 45.2 Å². The van der Waals surface area contributed by atoms with Gasteiger partial charge in [-0.3, -0.25) is 14.7 Å². The summed E-state index contributed by atoms with van der Waals surface area (Å²) in [6, 6.07) is 2.88. The van der Waals surface area contributed by atoms with Crippen molar-refractivity contribution in [3.63, 3.8) is 0 Å². The molecule has 33 heavy (non-hydrogen) atoms. The van der Waals surface area contributed by atoms with Gasteiger partial charge < -0.3 is 25.4 Å². The van der Waals surface area contributed by atoms with Crippen LogP contribution < -0.4 is 20.7 Å². The van der Waals surface area contributed by atoms with Gasteiger partial charge in [0.05, 0.1) is 5.56 Å². The molecular weight excluding hydrogens is 430 g/mol. The fraction of sp³-hybridized carbons (Fsp3) is 0.500. The van der Waals surface area contributed by atoms with Crippen molar-refractivity contribution in [1.82, 2.24) is 19.8 Å². The fourth-order valence-electron chi connectivity index (χ4n) is 4.36. The van der Waals surface area contributed by atoms with Crippen molar-refractivity contribution in [2.24, 2.45) is 0 Å². The van der Waals surface area contributed by atoms with Crippen LogP contribution >= 0.6 is 0 Å². The van der Waals surface area contributed by atoms with E-state index in [4.69, 9.17) is 5.41 Å². The Bertz CT molecular complexity index is 1040. The number of anilines is 3. The molecule has 1 aromatic heterocycles. The third kappa shape index (κ3) is 4.98. The molecule has 0 bridgehead atoms. The second kappa shape index (κ2) is 9.84. The number of nitrogens with zero attached hydrogens (tertiary/aromatic N) is 5. The van der Waals surface area contributed by atoms with E-state index in [1.165, 1.54) is 12.1 Å². The molecule has 9 nitrogen and oxygen atoms in total. The molecule has 2 fully saturated rings. The molecule has 0 aliphatic carbocycles. The quantitative estimate of drug-likeness (QED) is 0.557. The number of halogens is 2. The minimum atomic E-state index is -0.549. The van der Waals surface area contributed by atoms with E-state index in [0.717, 1.165) is 32.4 Å². The Balaban J connectivity index is 1.44. The molecule has 2 aromatic rings. The first-order valence-corrected chi connectivity index (χ1v) is 11.1. The summed E-state index contributed by atoms with van der Waals surface area (Å²) in [7, 11) is 3.71. The SMILES string of the molecule is CNc1nc(N2CCN(c3c(F)cc(CN4CCN(C)CC4)cc3F)CC2)[nH]c(=O)c1C=N. The van der Waals surface area contributed by atoms with Crippen molar-refractivity contribution in [3.8, 4) is 0 Å². The average Bonchev–Trinajstić information content (AvgIpc) is 2.80. The maximum Gasteiger partial charge on any atom is 0.263 e. The van der Waals surface area contributed by atoms with Crippen LogP contribution in [0, 0.1) is 17.0 Å². The van der Waals surface area contributed by atoms with E-state index in [2.05, 4.69) is 32.1 Å². The lowest BCUT2D eigenvalue weighted by Gasteiger charge is -2.37. The number of piperazine rings is 2. The Kier molecular flexibility index (Phi) is 6.89. The standard InChI is InChI=1S/C22H30F2N8O/c1-26-20-16(13-25)21(33)28-22(27-20)32-9-7-31(8-10-32)19-17(23)11-15(12-18(19)24)14-30-5-3-29(2)4-6-30/h11-13,25H,3-10,14H2,1-2H3,(H2,26,27,28,33). The summed E-state index contributed by atoms with van der Waals surface area (Å²) in [5.41, 5.74) is 0.383. The minimum absolute atomic E-state index is 0.00621. The van der Waals surface area contributed by atoms with Crippen LogP contribution in [0.3, 0.4) is 0 Å². The van der Waals surface area contributed by atoms with Crippen molar-refractivity contribution in [2.75, 3.05) is 81.6 Å². The molecule has 0 spiro atoms. The van der Waals surface area contributed by atoms with Crippen LogP contribution in [0.2, 0.25) is 0 Å². The van der Waals surface area contributed by atoms with E-state index >= 15 is 0 Å². The first-order valence-electron chi connectivity index (χ1n) is 11.1. The van der Waals surface area contributed by atoms with Crippen LogP contribution in [-0.4, -0.2) is 92.4 Å². The van der Waals surface area contributed by atoms with Crippen molar-refractivity contribution >= 4 is 23.7 Å². The highest BCUT2D eigenvalue weighted by atomic mass is 19.1. The minimum Gasteiger partial charge on any atom is -0.372 e. The smallest absolute Gasteiger partial charge is 0.263 e. The lowest BCUT2D eigenvalue weighted by Crippen LogP contribution is -2.48. The summed E-state index contributed by atoms with van der Waals surface area (Å²) < 4.78 is 29.9. The largest absolute Gasteiger partial charge is 0.372 e. The van der Waals surface area contributed by atoms with Gasteiger partial charge in [-0.15, -0.1) is 0 Å². The molecule has 2 aliphatic heterocycles. The molecule has 2 saturated heterocycles. The second-order valence-electron chi connectivity index (χ2n) is 8.51. The molecule has 0 unspecified atom stereocenters. The highest BCUT2D eigenvalue weighted by Gasteiger charge is 2.25. The van der Waals surface area contributed by atoms with Crippen LogP contribution in [-0.2, 0) is 6.54 Å². The number of benzene rings is 1. The Morgan fingerprint density at radius 1 is 1.06 bits per heavy atom.